The molecule has 19 heavy (non-hydrogen) atoms. The topological polar surface area (TPSA) is 93.5 Å². The highest BCUT2D eigenvalue weighted by Gasteiger charge is 2.14. The van der Waals surface area contributed by atoms with Gasteiger partial charge in [0, 0.05) is 32.8 Å². The lowest BCUT2D eigenvalue weighted by Gasteiger charge is -2.13. The molecule has 0 saturated heterocycles. The molecule has 0 radical (unpaired) electrons. The van der Waals surface area contributed by atoms with Gasteiger partial charge >= 0.3 is 0 Å². The molecule has 0 aliphatic carbocycles. The number of hydrogen-bond acceptors (Lipinski definition) is 4. The van der Waals surface area contributed by atoms with Crippen molar-refractivity contribution < 1.29 is 14.3 Å². The van der Waals surface area contributed by atoms with Crippen molar-refractivity contribution in [1.82, 2.24) is 10.6 Å². The molecule has 6 nitrogen and oxygen atoms in total. The van der Waals surface area contributed by atoms with E-state index >= 15 is 0 Å². The molecule has 6 heteroatoms. The van der Waals surface area contributed by atoms with E-state index in [1.165, 1.54) is 7.11 Å². The molecule has 0 aliphatic heterocycles. The minimum Gasteiger partial charge on any atom is -0.370 e. The number of methoxy groups -OCH3 is 1. The zero-order chi connectivity index (χ0) is 14.3. The number of nitrogens with one attached hydrogen (secondary N) is 2. The molecule has 0 fully saturated rings. The van der Waals surface area contributed by atoms with Gasteiger partial charge in [-0.1, -0.05) is 12.1 Å². The minimum atomic E-state index is -0.634. The van der Waals surface area contributed by atoms with Crippen LogP contribution >= 0.6 is 0 Å². The summed E-state index contributed by atoms with van der Waals surface area (Å²) in [6.07, 6.45) is -0.634. The first-order chi connectivity index (χ1) is 9.12. The second kappa shape index (κ2) is 7.50. The Balaban J connectivity index is 2.54. The first-order valence-electron chi connectivity index (χ1n) is 5.94. The Hall–Kier alpha value is -1.92. The molecule has 1 aromatic rings. The number of amides is 2. The van der Waals surface area contributed by atoms with Gasteiger partial charge < -0.3 is 21.1 Å². The smallest absolute Gasteiger partial charge is 0.251 e. The Labute approximate surface area is 112 Å². The van der Waals surface area contributed by atoms with Crippen LogP contribution in [0.4, 0.5) is 0 Å². The van der Waals surface area contributed by atoms with Crippen LogP contribution in [0.25, 0.3) is 0 Å². The van der Waals surface area contributed by atoms with E-state index in [1.807, 2.05) is 0 Å². The molecule has 0 bridgehead atoms. The molecule has 0 aromatic heterocycles. The molecule has 0 aliphatic rings. The third-order valence-corrected chi connectivity index (χ3v) is 2.70. The highest BCUT2D eigenvalue weighted by molar-refractivity contribution is 5.93. The SMILES string of the molecule is CNC(=O)c1ccc(CNC(=O)C(CN)OC)cc1. The average Bonchev–Trinajstić information content (AvgIpc) is 2.46. The highest BCUT2D eigenvalue weighted by Crippen LogP contribution is 2.04. The van der Waals surface area contributed by atoms with Crippen molar-refractivity contribution in [2.75, 3.05) is 20.7 Å². The van der Waals surface area contributed by atoms with Gasteiger partial charge in [-0.05, 0) is 17.7 Å². The summed E-state index contributed by atoms with van der Waals surface area (Å²) >= 11 is 0. The number of benzene rings is 1. The van der Waals surface area contributed by atoms with Crippen molar-refractivity contribution in [2.24, 2.45) is 5.73 Å². The van der Waals surface area contributed by atoms with Gasteiger partial charge in [0.1, 0.15) is 6.10 Å². The predicted octanol–water partition coefficient (Wildman–Crippen LogP) is -0.364. The van der Waals surface area contributed by atoms with E-state index in [9.17, 15) is 9.59 Å². The van der Waals surface area contributed by atoms with E-state index in [-0.39, 0.29) is 18.4 Å². The van der Waals surface area contributed by atoms with Crippen LogP contribution in [0.5, 0.6) is 0 Å². The Morgan fingerprint density at radius 1 is 1.32 bits per heavy atom. The molecular formula is C13H19N3O3. The van der Waals surface area contributed by atoms with E-state index in [2.05, 4.69) is 10.6 Å². The highest BCUT2D eigenvalue weighted by atomic mass is 16.5. The van der Waals surface area contributed by atoms with Gasteiger partial charge in [0.25, 0.3) is 11.8 Å². The predicted molar refractivity (Wildman–Crippen MR) is 71.5 cm³/mol. The number of rotatable bonds is 6. The van der Waals surface area contributed by atoms with E-state index in [4.69, 9.17) is 10.5 Å². The maximum absolute atomic E-state index is 11.6. The zero-order valence-electron chi connectivity index (χ0n) is 11.1. The molecule has 1 aromatic carbocycles. The van der Waals surface area contributed by atoms with Gasteiger partial charge in [-0.3, -0.25) is 9.59 Å². The van der Waals surface area contributed by atoms with Crippen LogP contribution in [0.1, 0.15) is 15.9 Å². The lowest BCUT2D eigenvalue weighted by atomic mass is 10.1. The molecule has 1 atom stereocenters. The van der Waals surface area contributed by atoms with E-state index < -0.39 is 6.10 Å². The van der Waals surface area contributed by atoms with Crippen molar-refractivity contribution >= 4 is 11.8 Å². The molecule has 1 unspecified atom stereocenters. The number of hydrogen-bond donors (Lipinski definition) is 3. The van der Waals surface area contributed by atoms with Crippen LogP contribution in [-0.4, -0.2) is 38.6 Å². The average molecular weight is 265 g/mol. The summed E-state index contributed by atoms with van der Waals surface area (Å²) in [4.78, 5) is 23.0. The lowest BCUT2D eigenvalue weighted by Crippen LogP contribution is -2.40. The first-order valence-corrected chi connectivity index (χ1v) is 5.94. The van der Waals surface area contributed by atoms with Crippen molar-refractivity contribution in [3.63, 3.8) is 0 Å². The summed E-state index contributed by atoms with van der Waals surface area (Å²) in [7, 11) is 3.02. The van der Waals surface area contributed by atoms with E-state index in [0.717, 1.165) is 5.56 Å². The normalized spacial score (nSPS) is 11.7. The molecule has 0 spiro atoms. The zero-order valence-corrected chi connectivity index (χ0v) is 11.1. The van der Waals surface area contributed by atoms with E-state index in [1.54, 1.807) is 31.3 Å². The van der Waals surface area contributed by atoms with Gasteiger partial charge in [-0.15, -0.1) is 0 Å². The summed E-state index contributed by atoms with van der Waals surface area (Å²) in [5.41, 5.74) is 6.87. The van der Waals surface area contributed by atoms with Crippen LogP contribution in [0.15, 0.2) is 24.3 Å². The Bertz CT molecular complexity index is 427. The van der Waals surface area contributed by atoms with Crippen molar-refractivity contribution in [3.8, 4) is 0 Å². The second-order valence-electron chi connectivity index (χ2n) is 3.95. The van der Waals surface area contributed by atoms with Crippen molar-refractivity contribution in [3.05, 3.63) is 35.4 Å². The third kappa shape index (κ3) is 4.35. The summed E-state index contributed by atoms with van der Waals surface area (Å²) < 4.78 is 4.92. The van der Waals surface area contributed by atoms with Crippen molar-refractivity contribution in [1.29, 1.82) is 0 Å². The Morgan fingerprint density at radius 2 is 1.95 bits per heavy atom. The summed E-state index contributed by atoms with van der Waals surface area (Å²) in [6, 6.07) is 6.98. The van der Waals surface area contributed by atoms with Gasteiger partial charge in [0.15, 0.2) is 0 Å². The molecular weight excluding hydrogens is 246 g/mol. The molecule has 0 saturated carbocycles. The summed E-state index contributed by atoms with van der Waals surface area (Å²) in [5, 5.41) is 5.26. The van der Waals surface area contributed by atoms with Gasteiger partial charge in [0.05, 0.1) is 0 Å². The molecule has 4 N–H and O–H groups in total. The van der Waals surface area contributed by atoms with Crippen LogP contribution in [0, 0.1) is 0 Å². The minimum absolute atomic E-state index is 0.137. The largest absolute Gasteiger partial charge is 0.370 e. The fraction of sp³-hybridized carbons (Fsp3) is 0.385. The number of nitrogens with two attached hydrogens (primary N) is 1. The van der Waals surface area contributed by atoms with Crippen LogP contribution in [0.2, 0.25) is 0 Å². The fourth-order valence-corrected chi connectivity index (χ4v) is 1.53. The van der Waals surface area contributed by atoms with Crippen LogP contribution in [-0.2, 0) is 16.1 Å². The Kier molecular flexibility index (Phi) is 5.98. The van der Waals surface area contributed by atoms with Gasteiger partial charge in [-0.2, -0.15) is 0 Å². The van der Waals surface area contributed by atoms with E-state index in [0.29, 0.717) is 12.1 Å². The first kappa shape index (κ1) is 15.1. The number of carbonyl (C=O) groups excluding carboxylic acids is 2. The molecule has 0 heterocycles. The standard InChI is InChI=1S/C13H19N3O3/c1-15-12(17)10-5-3-9(4-6-10)8-16-13(18)11(7-14)19-2/h3-6,11H,7-8,14H2,1-2H3,(H,15,17)(H,16,18). The summed E-state index contributed by atoms with van der Waals surface area (Å²) in [5.74, 6) is -0.390. The quantitative estimate of drug-likeness (QED) is 0.654. The molecule has 2 amide bonds. The monoisotopic (exact) mass is 265 g/mol. The van der Waals surface area contributed by atoms with Crippen molar-refractivity contribution in [2.45, 2.75) is 12.6 Å². The number of ether oxygens (including phenoxy) is 1. The maximum atomic E-state index is 11.6. The molecule has 104 valence electrons. The van der Waals surface area contributed by atoms with Gasteiger partial charge in [0.2, 0.25) is 0 Å². The Morgan fingerprint density at radius 3 is 2.42 bits per heavy atom. The van der Waals surface area contributed by atoms with Crippen LogP contribution in [0.3, 0.4) is 0 Å². The van der Waals surface area contributed by atoms with Gasteiger partial charge in [-0.25, -0.2) is 0 Å². The maximum Gasteiger partial charge on any atom is 0.251 e. The third-order valence-electron chi connectivity index (χ3n) is 2.70. The fourth-order valence-electron chi connectivity index (χ4n) is 1.53. The summed E-state index contributed by atoms with van der Waals surface area (Å²) in [6.45, 7) is 0.505. The van der Waals surface area contributed by atoms with Crippen LogP contribution < -0.4 is 16.4 Å². The molecule has 1 rings (SSSR count). The number of carbonyl (C=O) groups is 2. The second-order valence-corrected chi connectivity index (χ2v) is 3.95. The lowest BCUT2D eigenvalue weighted by molar-refractivity contribution is -0.130.